The molecule has 0 bridgehead atoms. The summed E-state index contributed by atoms with van der Waals surface area (Å²) >= 11 is 2.17. The van der Waals surface area contributed by atoms with Crippen molar-refractivity contribution in [3.63, 3.8) is 0 Å². The van der Waals surface area contributed by atoms with Crippen LogP contribution in [0.4, 0.5) is 0 Å². The number of nitrogens with one attached hydrogen (secondary N) is 1. The quantitative estimate of drug-likeness (QED) is 0.747. The van der Waals surface area contributed by atoms with E-state index in [9.17, 15) is 0 Å². The fraction of sp³-hybridized carbons (Fsp3) is 0.667. The highest BCUT2D eigenvalue weighted by Crippen LogP contribution is 2.32. The topological polar surface area (TPSA) is 12.0 Å². The monoisotopic (exact) mass is 291 g/mol. The van der Waals surface area contributed by atoms with Crippen molar-refractivity contribution in [1.29, 1.82) is 0 Å². The van der Waals surface area contributed by atoms with Gasteiger partial charge in [0, 0.05) is 17.0 Å². The van der Waals surface area contributed by atoms with Crippen LogP contribution in [0, 0.1) is 0 Å². The summed E-state index contributed by atoms with van der Waals surface area (Å²) in [4.78, 5) is 0. The Balaban J connectivity index is 1.95. The van der Waals surface area contributed by atoms with Crippen LogP contribution in [0.25, 0.3) is 0 Å². The van der Waals surface area contributed by atoms with E-state index in [-0.39, 0.29) is 0 Å². The van der Waals surface area contributed by atoms with Crippen LogP contribution in [0.5, 0.6) is 0 Å². The lowest BCUT2D eigenvalue weighted by Crippen LogP contribution is -2.23. The van der Waals surface area contributed by atoms with E-state index in [1.807, 2.05) is 0 Å². The molecule has 2 rings (SSSR count). The maximum absolute atomic E-state index is 3.65. The zero-order chi connectivity index (χ0) is 14.4. The molecule has 1 atom stereocenters. The molecule has 0 heterocycles. The van der Waals surface area contributed by atoms with E-state index in [2.05, 4.69) is 62.1 Å². The van der Waals surface area contributed by atoms with Gasteiger partial charge in [-0.2, -0.15) is 11.8 Å². The van der Waals surface area contributed by atoms with Crippen molar-refractivity contribution in [2.24, 2.45) is 0 Å². The Morgan fingerprint density at radius 1 is 1.10 bits per heavy atom. The first kappa shape index (κ1) is 15.9. The number of thioether (sulfide) groups is 1. The van der Waals surface area contributed by atoms with Gasteiger partial charge in [-0.25, -0.2) is 0 Å². The molecule has 1 fully saturated rings. The van der Waals surface area contributed by atoms with Gasteiger partial charge in [-0.05, 0) is 36.4 Å². The molecule has 112 valence electrons. The molecule has 1 aliphatic rings. The van der Waals surface area contributed by atoms with Crippen LogP contribution < -0.4 is 5.32 Å². The lowest BCUT2D eigenvalue weighted by Gasteiger charge is -2.20. The van der Waals surface area contributed by atoms with Gasteiger partial charge in [0.1, 0.15) is 0 Å². The molecule has 2 heteroatoms. The first-order valence-electron chi connectivity index (χ1n) is 8.15. The molecule has 20 heavy (non-hydrogen) atoms. The van der Waals surface area contributed by atoms with Gasteiger partial charge in [0.2, 0.25) is 0 Å². The molecule has 0 aliphatic heterocycles. The number of rotatable bonds is 7. The Morgan fingerprint density at radius 3 is 2.25 bits per heavy atom. The molecule has 0 spiro atoms. The summed E-state index contributed by atoms with van der Waals surface area (Å²) in [6.07, 6.45) is 5.73. The maximum atomic E-state index is 3.65. The van der Waals surface area contributed by atoms with Gasteiger partial charge in [0.15, 0.2) is 0 Å². The number of hydrogen-bond acceptors (Lipinski definition) is 2. The highest BCUT2D eigenvalue weighted by molar-refractivity contribution is 7.99. The minimum atomic E-state index is 0.506. The van der Waals surface area contributed by atoms with Gasteiger partial charge in [0.25, 0.3) is 0 Å². The maximum Gasteiger partial charge on any atom is 0.0411 e. The van der Waals surface area contributed by atoms with E-state index in [1.54, 1.807) is 0 Å². The Morgan fingerprint density at radius 2 is 1.70 bits per heavy atom. The lowest BCUT2D eigenvalue weighted by molar-refractivity contribution is 0.604. The fourth-order valence-electron chi connectivity index (χ4n) is 2.92. The van der Waals surface area contributed by atoms with Gasteiger partial charge in [-0.15, -0.1) is 0 Å². The molecular formula is C18H29NS. The van der Waals surface area contributed by atoms with Crippen LogP contribution in [0.3, 0.4) is 0 Å². The second-order valence-electron chi connectivity index (χ2n) is 6.17. The van der Waals surface area contributed by atoms with Crippen molar-refractivity contribution in [3.05, 3.63) is 35.4 Å². The summed E-state index contributed by atoms with van der Waals surface area (Å²) in [6, 6.07) is 9.73. The summed E-state index contributed by atoms with van der Waals surface area (Å²) in [7, 11) is 0. The zero-order valence-corrected chi connectivity index (χ0v) is 14.0. The van der Waals surface area contributed by atoms with E-state index < -0.39 is 0 Å². The van der Waals surface area contributed by atoms with Gasteiger partial charge in [-0.3, -0.25) is 0 Å². The molecule has 1 aromatic rings. The Bertz CT molecular complexity index is 379. The first-order chi connectivity index (χ1) is 9.70. The minimum Gasteiger partial charge on any atom is -0.310 e. The lowest BCUT2D eigenvalue weighted by atomic mass is 9.99. The zero-order valence-electron chi connectivity index (χ0n) is 13.2. The van der Waals surface area contributed by atoms with E-state index in [0.717, 1.165) is 11.8 Å². The fourth-order valence-corrected chi connectivity index (χ4v) is 4.36. The van der Waals surface area contributed by atoms with E-state index >= 15 is 0 Å². The molecule has 1 N–H and O–H groups in total. The molecule has 0 amide bonds. The normalized spacial score (nSPS) is 17.8. The van der Waals surface area contributed by atoms with Crippen LogP contribution >= 0.6 is 11.8 Å². The summed E-state index contributed by atoms with van der Waals surface area (Å²) < 4.78 is 0. The molecular weight excluding hydrogens is 262 g/mol. The van der Waals surface area contributed by atoms with Gasteiger partial charge in [0.05, 0.1) is 0 Å². The summed E-state index contributed by atoms with van der Waals surface area (Å²) in [5.74, 6) is 1.83. The standard InChI is InChI=1S/C18H29NS/c1-4-19-18(13-20-17-7-5-6-8-17)16-11-9-15(10-12-16)14(2)3/h9-12,14,17-19H,4-8,13H2,1-3H3. The molecule has 1 aromatic carbocycles. The van der Waals surface area contributed by atoms with Crippen molar-refractivity contribution < 1.29 is 0 Å². The summed E-state index contributed by atoms with van der Waals surface area (Å²) in [5, 5.41) is 4.56. The van der Waals surface area contributed by atoms with E-state index in [0.29, 0.717) is 12.0 Å². The highest BCUT2D eigenvalue weighted by atomic mass is 32.2. The van der Waals surface area contributed by atoms with Crippen LogP contribution in [0.15, 0.2) is 24.3 Å². The number of hydrogen-bond donors (Lipinski definition) is 1. The third kappa shape index (κ3) is 4.53. The Labute approximate surface area is 128 Å². The predicted molar refractivity (Wildman–Crippen MR) is 91.7 cm³/mol. The summed E-state index contributed by atoms with van der Waals surface area (Å²) in [6.45, 7) is 7.76. The molecule has 0 saturated heterocycles. The Hall–Kier alpha value is -0.470. The minimum absolute atomic E-state index is 0.506. The van der Waals surface area contributed by atoms with E-state index in [1.165, 1.54) is 42.6 Å². The summed E-state index contributed by atoms with van der Waals surface area (Å²) in [5.41, 5.74) is 2.88. The van der Waals surface area contributed by atoms with Gasteiger partial charge in [-0.1, -0.05) is 57.9 Å². The van der Waals surface area contributed by atoms with Gasteiger partial charge >= 0.3 is 0 Å². The Kier molecular flexibility index (Phi) is 6.44. The first-order valence-corrected chi connectivity index (χ1v) is 9.20. The van der Waals surface area contributed by atoms with Crippen LogP contribution in [0.1, 0.15) is 69.5 Å². The second kappa shape index (κ2) is 8.09. The average Bonchev–Trinajstić information content (AvgIpc) is 2.97. The smallest absolute Gasteiger partial charge is 0.0411 e. The van der Waals surface area contributed by atoms with Crippen LogP contribution in [0.2, 0.25) is 0 Å². The average molecular weight is 292 g/mol. The predicted octanol–water partition coefficient (Wildman–Crippen LogP) is 5.14. The third-order valence-electron chi connectivity index (χ3n) is 4.26. The van der Waals surface area contributed by atoms with Crippen LogP contribution in [-0.4, -0.2) is 17.5 Å². The number of benzene rings is 1. The van der Waals surface area contributed by atoms with E-state index in [4.69, 9.17) is 0 Å². The van der Waals surface area contributed by atoms with Gasteiger partial charge < -0.3 is 5.32 Å². The highest BCUT2D eigenvalue weighted by Gasteiger charge is 2.18. The van der Waals surface area contributed by atoms with Crippen molar-refractivity contribution in [1.82, 2.24) is 5.32 Å². The molecule has 1 aliphatic carbocycles. The molecule has 1 saturated carbocycles. The molecule has 0 aromatic heterocycles. The SMILES string of the molecule is CCNC(CSC1CCCC1)c1ccc(C(C)C)cc1. The van der Waals surface area contributed by atoms with Crippen LogP contribution in [-0.2, 0) is 0 Å². The third-order valence-corrected chi connectivity index (χ3v) is 5.73. The van der Waals surface area contributed by atoms with Crippen molar-refractivity contribution >= 4 is 11.8 Å². The largest absolute Gasteiger partial charge is 0.310 e. The van der Waals surface area contributed by atoms with Crippen molar-refractivity contribution in [2.45, 2.75) is 63.7 Å². The molecule has 0 radical (unpaired) electrons. The second-order valence-corrected chi connectivity index (χ2v) is 7.50. The van der Waals surface area contributed by atoms with Crippen molar-refractivity contribution in [2.75, 3.05) is 12.3 Å². The van der Waals surface area contributed by atoms with Crippen molar-refractivity contribution in [3.8, 4) is 0 Å². The molecule has 1 nitrogen and oxygen atoms in total. The molecule has 1 unspecified atom stereocenters.